The van der Waals surface area contributed by atoms with Crippen LogP contribution in [-0.2, 0) is 0 Å². The third kappa shape index (κ3) is 12.6. The topological polar surface area (TPSA) is 142 Å². The fourth-order valence-electron chi connectivity index (χ4n) is 7.57. The number of ketones is 4. The highest BCUT2D eigenvalue weighted by Gasteiger charge is 2.31. The molecule has 0 N–H and O–H groups in total. The van der Waals surface area contributed by atoms with Gasteiger partial charge in [0.2, 0.25) is 0 Å². The molecule has 4 aromatic rings. The van der Waals surface area contributed by atoms with Crippen LogP contribution in [0, 0.1) is 23.7 Å². The number of ether oxygens (including phenoxy) is 8. The standard InChI is InChI=1S/2C26H32O6/c2*1-17-18(2)26(28)20-10-12-22(30-4)24(16-20)32-14-8-6-5-7-13-31-23-15-19(25(17)27)9-11-21(23)29-3/h2*9-12,15-18H,5-8,13-14H2,1-4H3/t2*17-,18-/m10/s1. The van der Waals surface area contributed by atoms with Crippen molar-refractivity contribution in [2.45, 2.75) is 79.1 Å². The molecule has 0 saturated carbocycles. The van der Waals surface area contributed by atoms with Gasteiger partial charge in [-0.05, 0) is 124 Å². The van der Waals surface area contributed by atoms with Crippen molar-refractivity contribution in [2.24, 2.45) is 23.7 Å². The van der Waals surface area contributed by atoms with Gasteiger partial charge in [0, 0.05) is 45.9 Å². The minimum atomic E-state index is -0.505. The Labute approximate surface area is 377 Å². The van der Waals surface area contributed by atoms with E-state index in [1.165, 1.54) is 0 Å². The van der Waals surface area contributed by atoms with Gasteiger partial charge in [0.25, 0.3) is 0 Å². The van der Waals surface area contributed by atoms with Gasteiger partial charge in [-0.3, -0.25) is 19.2 Å². The van der Waals surface area contributed by atoms with Crippen LogP contribution in [0.15, 0.2) is 72.8 Å². The Morgan fingerprint density at radius 2 is 0.547 bits per heavy atom. The van der Waals surface area contributed by atoms with E-state index in [0.29, 0.717) is 94.7 Å². The minimum absolute atomic E-state index is 0.107. The molecule has 64 heavy (non-hydrogen) atoms. The number of carbonyl (C=O) groups excluding carboxylic acids is 4. The van der Waals surface area contributed by atoms with Gasteiger partial charge in [0.1, 0.15) is 0 Å². The van der Waals surface area contributed by atoms with Crippen LogP contribution in [-0.4, -0.2) is 78.0 Å². The number of benzene rings is 4. The summed E-state index contributed by atoms with van der Waals surface area (Å²) in [5.74, 6) is 2.11. The molecule has 8 bridgehead atoms. The van der Waals surface area contributed by atoms with Crippen LogP contribution < -0.4 is 37.9 Å². The van der Waals surface area contributed by atoms with Gasteiger partial charge in [-0.2, -0.15) is 0 Å². The number of hydrogen-bond donors (Lipinski definition) is 0. The predicted molar refractivity (Wildman–Crippen MR) is 245 cm³/mol. The molecule has 0 spiro atoms. The zero-order valence-electron chi connectivity index (χ0n) is 38.6. The van der Waals surface area contributed by atoms with E-state index in [0.717, 1.165) is 51.4 Å². The van der Waals surface area contributed by atoms with E-state index in [1.807, 2.05) is 0 Å². The number of hydrogen-bond acceptors (Lipinski definition) is 12. The van der Waals surface area contributed by atoms with Crippen molar-refractivity contribution in [3.8, 4) is 46.0 Å². The molecule has 0 fully saturated rings. The van der Waals surface area contributed by atoms with E-state index >= 15 is 0 Å². The van der Waals surface area contributed by atoms with E-state index in [9.17, 15) is 19.2 Å². The van der Waals surface area contributed by atoms with E-state index in [1.54, 1.807) is 129 Å². The third-order valence-corrected chi connectivity index (χ3v) is 12.1. The summed E-state index contributed by atoms with van der Waals surface area (Å²) < 4.78 is 45.2. The van der Waals surface area contributed by atoms with Gasteiger partial charge in [0.15, 0.2) is 69.1 Å². The maximum atomic E-state index is 13.2. The lowest BCUT2D eigenvalue weighted by Gasteiger charge is -2.20. The van der Waals surface area contributed by atoms with Crippen molar-refractivity contribution < 1.29 is 57.1 Å². The number of methoxy groups -OCH3 is 4. The molecule has 12 heteroatoms. The van der Waals surface area contributed by atoms with Crippen LogP contribution in [0.4, 0.5) is 0 Å². The fraction of sp³-hybridized carbons (Fsp3) is 0.462. The molecule has 2 aliphatic rings. The molecule has 0 radical (unpaired) electrons. The van der Waals surface area contributed by atoms with E-state index < -0.39 is 23.7 Å². The van der Waals surface area contributed by atoms with Crippen LogP contribution in [0.2, 0.25) is 0 Å². The molecule has 0 aromatic heterocycles. The Morgan fingerprint density at radius 1 is 0.344 bits per heavy atom. The maximum absolute atomic E-state index is 13.2. The Kier molecular flexibility index (Phi) is 18.5. The first-order valence-corrected chi connectivity index (χ1v) is 22.3. The summed E-state index contributed by atoms with van der Waals surface area (Å²) in [7, 11) is 6.31. The third-order valence-electron chi connectivity index (χ3n) is 12.1. The monoisotopic (exact) mass is 880 g/mol. The lowest BCUT2D eigenvalue weighted by Crippen LogP contribution is -2.26. The van der Waals surface area contributed by atoms with Crippen molar-refractivity contribution in [2.75, 3.05) is 54.9 Å². The van der Waals surface area contributed by atoms with Crippen LogP contribution in [0.25, 0.3) is 0 Å². The molecular formula is C52H64O12. The van der Waals surface area contributed by atoms with Crippen molar-refractivity contribution >= 4 is 23.1 Å². The van der Waals surface area contributed by atoms with Gasteiger partial charge in [-0.25, -0.2) is 0 Å². The van der Waals surface area contributed by atoms with Crippen LogP contribution in [0.3, 0.4) is 0 Å². The van der Waals surface area contributed by atoms with Gasteiger partial charge in [-0.1, -0.05) is 27.7 Å². The smallest absolute Gasteiger partial charge is 0.166 e. The summed E-state index contributed by atoms with van der Waals surface area (Å²) in [6.45, 7) is 9.29. The molecule has 12 nitrogen and oxygen atoms in total. The molecule has 4 atom stereocenters. The predicted octanol–water partition coefficient (Wildman–Crippen LogP) is 10.7. The van der Waals surface area contributed by atoms with E-state index in [-0.39, 0.29) is 23.1 Å². The van der Waals surface area contributed by atoms with Crippen molar-refractivity contribution in [1.82, 2.24) is 0 Å². The summed E-state index contributed by atoms with van der Waals surface area (Å²) in [4.78, 5) is 52.8. The number of fused-ring (bicyclic) bond motifs is 8. The molecule has 0 unspecified atom stereocenters. The minimum Gasteiger partial charge on any atom is -0.493 e. The molecule has 344 valence electrons. The Hall–Kier alpha value is -6.04. The molecule has 2 heterocycles. The normalized spacial score (nSPS) is 20.4. The Balaban J connectivity index is 0.000000241. The average Bonchev–Trinajstić information content (AvgIpc) is 3.32. The number of carbonyl (C=O) groups is 4. The largest absolute Gasteiger partial charge is 0.493 e. The SMILES string of the molecule is COc1ccc2cc1OCCCCCCOc1cc(ccc1OC)C(=O)[C@@H](C)[C@H](C)C2=O.COc1ccc2cc1OCCCCCCOc1cc(ccc1OC)C(=O)[C@H](C)[C@@H](C)C2=O. The second-order valence-corrected chi connectivity index (χ2v) is 16.3. The van der Waals surface area contributed by atoms with Crippen LogP contribution in [0.5, 0.6) is 46.0 Å². The molecule has 0 saturated heterocycles. The highest BCUT2D eigenvalue weighted by molar-refractivity contribution is 6.06. The summed E-state index contributed by atoms with van der Waals surface area (Å²) >= 11 is 0. The number of Topliss-reactive ketones (excluding diaryl/α,β-unsaturated/α-hetero) is 4. The highest BCUT2D eigenvalue weighted by atomic mass is 16.5. The van der Waals surface area contributed by atoms with Crippen molar-refractivity contribution in [3.63, 3.8) is 0 Å². The first-order chi connectivity index (χ1) is 30.9. The van der Waals surface area contributed by atoms with Crippen molar-refractivity contribution in [3.05, 3.63) is 95.1 Å². The lowest BCUT2D eigenvalue weighted by molar-refractivity contribution is 0.0793. The summed E-state index contributed by atoms with van der Waals surface area (Å²) in [5, 5.41) is 0. The van der Waals surface area contributed by atoms with Crippen LogP contribution in [0.1, 0.15) is 120 Å². The second kappa shape index (κ2) is 24.1. The first kappa shape index (κ1) is 49.0. The second-order valence-electron chi connectivity index (χ2n) is 16.3. The van der Waals surface area contributed by atoms with Crippen LogP contribution >= 0.6 is 0 Å². The summed E-state index contributed by atoms with van der Waals surface area (Å²) in [6.07, 6.45) is 7.54. The first-order valence-electron chi connectivity index (χ1n) is 22.3. The zero-order chi connectivity index (χ0) is 46.2. The fourth-order valence-corrected chi connectivity index (χ4v) is 7.57. The van der Waals surface area contributed by atoms with Gasteiger partial charge < -0.3 is 37.9 Å². The molecule has 4 aromatic carbocycles. The average molecular weight is 881 g/mol. The number of rotatable bonds is 4. The Morgan fingerprint density at radius 3 is 0.734 bits per heavy atom. The van der Waals surface area contributed by atoms with Gasteiger partial charge >= 0.3 is 0 Å². The quantitative estimate of drug-likeness (QED) is 0.192. The molecular weight excluding hydrogens is 817 g/mol. The van der Waals surface area contributed by atoms with Crippen molar-refractivity contribution in [1.29, 1.82) is 0 Å². The zero-order valence-corrected chi connectivity index (χ0v) is 38.6. The molecule has 6 rings (SSSR count). The highest BCUT2D eigenvalue weighted by Crippen LogP contribution is 2.35. The van der Waals surface area contributed by atoms with E-state index in [4.69, 9.17) is 37.9 Å². The summed E-state index contributed by atoms with van der Waals surface area (Å²) in [6, 6.07) is 20.7. The molecule has 0 aliphatic carbocycles. The van der Waals surface area contributed by atoms with Gasteiger partial charge in [0.05, 0.1) is 54.9 Å². The molecule has 2 aliphatic heterocycles. The van der Waals surface area contributed by atoms with E-state index in [2.05, 4.69) is 0 Å². The molecule has 0 amide bonds. The summed E-state index contributed by atoms with van der Waals surface area (Å²) in [5.41, 5.74) is 2.03. The van der Waals surface area contributed by atoms with Gasteiger partial charge in [-0.15, -0.1) is 0 Å². The lowest BCUT2D eigenvalue weighted by atomic mass is 9.83. The maximum Gasteiger partial charge on any atom is 0.166 e. The Bertz CT molecular complexity index is 1900.